The van der Waals surface area contributed by atoms with E-state index >= 15 is 0 Å². The summed E-state index contributed by atoms with van der Waals surface area (Å²) in [6.45, 7) is -1.26. The molecule has 1 aliphatic heterocycles. The van der Waals surface area contributed by atoms with Crippen LogP contribution in [0, 0.1) is 17.5 Å². The summed E-state index contributed by atoms with van der Waals surface area (Å²) in [5.74, 6) is -3.67. The van der Waals surface area contributed by atoms with Crippen LogP contribution < -0.4 is 0 Å². The Morgan fingerprint density at radius 1 is 0.809 bits per heavy atom. The number of ether oxygens (including phenoxy) is 1. The first-order chi connectivity index (χ1) is 21.9. The Morgan fingerprint density at radius 3 is 1.85 bits per heavy atom. The van der Waals surface area contributed by atoms with Crippen LogP contribution in [0.3, 0.4) is 0 Å². The SMILES string of the molecule is O=C1CCCN1[C@H]1CC[C@@](c2ccc(C(OCc3c(F)cccc3F)(C(F)(F)F)C(F)(F)F)cc2)(S(=O)(=O)c2ccc(F)cc2)CC1. The highest BCUT2D eigenvalue weighted by atomic mass is 32.2. The molecule has 0 aromatic heterocycles. The van der Waals surface area contributed by atoms with Crippen molar-refractivity contribution in [3.63, 3.8) is 0 Å². The van der Waals surface area contributed by atoms with Crippen molar-refractivity contribution >= 4 is 15.7 Å². The first-order valence-corrected chi connectivity index (χ1v) is 16.0. The molecule has 47 heavy (non-hydrogen) atoms. The summed E-state index contributed by atoms with van der Waals surface area (Å²) in [5, 5.41) is 0. The molecule has 1 saturated carbocycles. The fourth-order valence-corrected chi connectivity index (χ4v) is 8.75. The van der Waals surface area contributed by atoms with Gasteiger partial charge in [-0.15, -0.1) is 0 Å². The van der Waals surface area contributed by atoms with Crippen LogP contribution in [0.4, 0.5) is 39.5 Å². The highest BCUT2D eigenvalue weighted by Crippen LogP contribution is 2.54. The minimum absolute atomic E-state index is 0.0980. The quantitative estimate of drug-likeness (QED) is 0.178. The number of sulfone groups is 1. The molecule has 5 nitrogen and oxygen atoms in total. The highest BCUT2D eigenvalue weighted by molar-refractivity contribution is 7.92. The van der Waals surface area contributed by atoms with Crippen LogP contribution >= 0.6 is 0 Å². The molecule has 0 spiro atoms. The van der Waals surface area contributed by atoms with Crippen LogP contribution in [0.2, 0.25) is 0 Å². The number of nitrogens with zero attached hydrogens (tertiary/aromatic N) is 1. The molecule has 0 N–H and O–H groups in total. The van der Waals surface area contributed by atoms with E-state index in [1.807, 2.05) is 0 Å². The topological polar surface area (TPSA) is 63.7 Å². The normalized spacial score (nSPS) is 21.3. The maximum atomic E-state index is 14.5. The standard InChI is InChI=1S/C32H28F9NO4S/c33-22-10-12-24(13-11-22)47(44,45)29(16-14-23(15-17-29)42-18-2-5-28(42)43)20-6-8-21(9-7-20)30(31(36,37)38,32(39,40)41)46-19-25-26(34)3-1-4-27(25)35/h1,3-4,6-13,23H,2,5,14-19H2/t23-,29+. The van der Waals surface area contributed by atoms with E-state index in [1.165, 1.54) is 0 Å². The van der Waals surface area contributed by atoms with Crippen LogP contribution in [-0.2, 0) is 36.3 Å². The molecule has 3 aromatic rings. The van der Waals surface area contributed by atoms with Crippen LogP contribution in [0.25, 0.3) is 0 Å². The number of alkyl halides is 6. The van der Waals surface area contributed by atoms with Crippen molar-refractivity contribution in [2.75, 3.05) is 6.54 Å². The molecule has 0 atom stereocenters. The first kappa shape index (κ1) is 34.7. The predicted molar refractivity (Wildman–Crippen MR) is 150 cm³/mol. The zero-order valence-corrected chi connectivity index (χ0v) is 25.3. The third kappa shape index (κ3) is 6.00. The van der Waals surface area contributed by atoms with Gasteiger partial charge in [0.15, 0.2) is 9.84 Å². The molecule has 0 bridgehead atoms. The molecule has 1 aliphatic carbocycles. The maximum absolute atomic E-state index is 14.5. The van der Waals surface area contributed by atoms with E-state index in [1.54, 1.807) is 4.90 Å². The van der Waals surface area contributed by atoms with E-state index in [9.17, 15) is 52.7 Å². The van der Waals surface area contributed by atoms with E-state index in [0.717, 1.165) is 42.5 Å². The lowest BCUT2D eigenvalue weighted by Gasteiger charge is -2.43. The molecule has 15 heteroatoms. The fraction of sp³-hybridized carbons (Fsp3) is 0.406. The van der Waals surface area contributed by atoms with Crippen LogP contribution in [0.1, 0.15) is 55.2 Å². The van der Waals surface area contributed by atoms with Crippen molar-refractivity contribution in [3.05, 3.63) is 101 Å². The van der Waals surface area contributed by atoms with Crippen molar-refractivity contribution in [1.82, 2.24) is 4.90 Å². The molecule has 254 valence electrons. The van der Waals surface area contributed by atoms with Crippen molar-refractivity contribution in [1.29, 1.82) is 0 Å². The van der Waals surface area contributed by atoms with Gasteiger partial charge in [0.1, 0.15) is 22.2 Å². The second kappa shape index (κ2) is 12.5. The van der Waals surface area contributed by atoms with Crippen molar-refractivity contribution in [3.8, 4) is 0 Å². The fourth-order valence-electron chi connectivity index (χ4n) is 6.58. The van der Waals surface area contributed by atoms with Gasteiger partial charge in [-0.25, -0.2) is 21.6 Å². The van der Waals surface area contributed by atoms with Gasteiger partial charge in [-0.3, -0.25) is 4.79 Å². The Kier molecular flexibility index (Phi) is 9.21. The van der Waals surface area contributed by atoms with Gasteiger partial charge in [-0.2, -0.15) is 26.3 Å². The second-order valence-electron chi connectivity index (χ2n) is 11.6. The molecule has 3 aromatic carbocycles. The van der Waals surface area contributed by atoms with Crippen molar-refractivity contribution in [2.24, 2.45) is 0 Å². The molecule has 2 aliphatic rings. The van der Waals surface area contributed by atoms with E-state index in [0.29, 0.717) is 43.7 Å². The highest BCUT2D eigenvalue weighted by Gasteiger charge is 2.73. The Hall–Kier alpha value is -3.59. The molecular weight excluding hydrogens is 665 g/mol. The number of halogens is 9. The van der Waals surface area contributed by atoms with Crippen molar-refractivity contribution < 1.29 is 57.5 Å². The number of carbonyl (C=O) groups is 1. The summed E-state index contributed by atoms with van der Waals surface area (Å²) in [4.78, 5) is 13.7. The molecule has 1 amide bonds. The Labute approximate surface area is 264 Å². The molecule has 0 radical (unpaired) electrons. The lowest BCUT2D eigenvalue weighted by molar-refractivity contribution is -0.392. The average Bonchev–Trinajstić information content (AvgIpc) is 3.43. The van der Waals surface area contributed by atoms with E-state index in [4.69, 9.17) is 0 Å². The van der Waals surface area contributed by atoms with Gasteiger partial charge in [0, 0.05) is 30.1 Å². The Morgan fingerprint density at radius 2 is 1.36 bits per heavy atom. The van der Waals surface area contributed by atoms with E-state index in [2.05, 4.69) is 4.74 Å². The number of carbonyl (C=O) groups excluding carboxylic acids is 1. The monoisotopic (exact) mass is 693 g/mol. The van der Waals surface area contributed by atoms with E-state index < -0.39 is 67.7 Å². The van der Waals surface area contributed by atoms with Gasteiger partial charge in [0.05, 0.1) is 11.5 Å². The minimum atomic E-state index is -6.19. The van der Waals surface area contributed by atoms with Crippen molar-refractivity contribution in [2.45, 2.75) is 78.8 Å². The Balaban J connectivity index is 1.58. The number of benzene rings is 3. The second-order valence-corrected chi connectivity index (χ2v) is 13.9. The van der Waals surface area contributed by atoms with Gasteiger partial charge in [-0.1, -0.05) is 30.3 Å². The lowest BCUT2D eigenvalue weighted by Crippen LogP contribution is -2.56. The smallest absolute Gasteiger partial charge is 0.349 e. The van der Waals surface area contributed by atoms with Gasteiger partial charge >= 0.3 is 12.4 Å². The average molecular weight is 694 g/mol. The van der Waals surface area contributed by atoms with Gasteiger partial charge in [0.25, 0.3) is 5.60 Å². The number of hydrogen-bond acceptors (Lipinski definition) is 4. The molecule has 0 unspecified atom stereocenters. The van der Waals surface area contributed by atoms with Crippen LogP contribution in [0.15, 0.2) is 71.6 Å². The summed E-state index contributed by atoms with van der Waals surface area (Å²) >= 11 is 0. The molecular formula is C32H28F9NO4S. The molecule has 1 heterocycles. The summed E-state index contributed by atoms with van der Waals surface area (Å²) in [6.07, 6.45) is -11.4. The first-order valence-electron chi connectivity index (χ1n) is 14.6. The zero-order chi connectivity index (χ0) is 34.4. The summed E-state index contributed by atoms with van der Waals surface area (Å²) in [6, 6.07) is 8.24. The number of rotatable bonds is 8. The third-order valence-corrected chi connectivity index (χ3v) is 11.6. The van der Waals surface area contributed by atoms with E-state index in [-0.39, 0.29) is 48.1 Å². The lowest BCUT2D eigenvalue weighted by atomic mass is 9.79. The molecule has 1 saturated heterocycles. The van der Waals surface area contributed by atoms with Crippen LogP contribution in [-0.4, -0.2) is 44.2 Å². The summed E-state index contributed by atoms with van der Waals surface area (Å²) in [7, 11) is -4.44. The third-order valence-electron chi connectivity index (χ3n) is 9.06. The minimum Gasteiger partial charge on any atom is -0.349 e. The number of likely N-dealkylation sites (tertiary alicyclic amines) is 1. The zero-order valence-electron chi connectivity index (χ0n) is 24.5. The molecule has 5 rings (SSSR count). The van der Waals surface area contributed by atoms with Gasteiger partial charge < -0.3 is 9.64 Å². The summed E-state index contributed by atoms with van der Waals surface area (Å²) < 4.78 is 160. The summed E-state index contributed by atoms with van der Waals surface area (Å²) in [5.41, 5.74) is -7.83. The largest absolute Gasteiger partial charge is 0.430 e. The predicted octanol–water partition coefficient (Wildman–Crippen LogP) is 7.87. The molecule has 2 fully saturated rings. The Bertz CT molecular complexity index is 1680. The maximum Gasteiger partial charge on any atom is 0.430 e. The number of amides is 1. The number of hydrogen-bond donors (Lipinski definition) is 0. The van der Waals surface area contributed by atoms with Crippen LogP contribution in [0.5, 0.6) is 0 Å². The van der Waals surface area contributed by atoms with Gasteiger partial charge in [0.2, 0.25) is 5.91 Å². The van der Waals surface area contributed by atoms with Gasteiger partial charge in [-0.05, 0) is 74.1 Å².